The number of hydrogen-bond donors (Lipinski definition) is 1. The van der Waals surface area contributed by atoms with E-state index in [0.717, 1.165) is 12.1 Å². The van der Waals surface area contributed by atoms with Crippen LogP contribution in [0.1, 0.15) is 18.3 Å². The van der Waals surface area contributed by atoms with E-state index in [1.54, 1.807) is 28.8 Å². The predicted octanol–water partition coefficient (Wildman–Crippen LogP) is 4.64. The molecule has 2 aromatic carbocycles. The molecule has 7 nitrogen and oxygen atoms in total. The zero-order valence-electron chi connectivity index (χ0n) is 17.3. The Kier molecular flexibility index (Phi) is 7.62. The van der Waals surface area contributed by atoms with Crippen molar-refractivity contribution in [2.24, 2.45) is 0 Å². The number of methoxy groups -OCH3 is 1. The molecule has 1 amide bonds. The number of hydrogen-bond acceptors (Lipinski definition) is 6. The first-order valence-corrected chi connectivity index (χ1v) is 10.6. The molecule has 0 saturated heterocycles. The summed E-state index contributed by atoms with van der Waals surface area (Å²) >= 11 is 1.19. The zero-order valence-corrected chi connectivity index (χ0v) is 18.2. The predicted molar refractivity (Wildman–Crippen MR) is 114 cm³/mol. The van der Waals surface area contributed by atoms with Crippen LogP contribution in [0.5, 0.6) is 11.5 Å². The highest BCUT2D eigenvalue weighted by atomic mass is 32.2. The van der Waals surface area contributed by atoms with Crippen molar-refractivity contribution in [1.82, 2.24) is 14.8 Å². The van der Waals surface area contributed by atoms with Crippen molar-refractivity contribution in [3.05, 3.63) is 59.9 Å². The van der Waals surface area contributed by atoms with Gasteiger partial charge >= 0.3 is 6.18 Å². The summed E-state index contributed by atoms with van der Waals surface area (Å²) in [4.78, 5) is 12.3. The molecule has 1 aromatic heterocycles. The Labute approximate surface area is 186 Å². The molecule has 0 fully saturated rings. The van der Waals surface area contributed by atoms with E-state index >= 15 is 0 Å². The molecule has 0 bridgehead atoms. The van der Waals surface area contributed by atoms with Crippen molar-refractivity contribution in [1.29, 1.82) is 0 Å². The van der Waals surface area contributed by atoms with Crippen molar-refractivity contribution < 1.29 is 27.4 Å². The van der Waals surface area contributed by atoms with Gasteiger partial charge in [-0.1, -0.05) is 30.0 Å². The molecule has 0 aliphatic rings. The molecule has 1 heterocycles. The van der Waals surface area contributed by atoms with E-state index < -0.39 is 11.7 Å². The highest BCUT2D eigenvalue weighted by molar-refractivity contribution is 7.99. The first-order chi connectivity index (χ1) is 15.3. The van der Waals surface area contributed by atoms with Gasteiger partial charge in [-0.2, -0.15) is 13.2 Å². The molecule has 0 aliphatic heterocycles. The molecule has 32 heavy (non-hydrogen) atoms. The number of rotatable bonds is 9. The summed E-state index contributed by atoms with van der Waals surface area (Å²) in [6, 6.07) is 11.7. The van der Waals surface area contributed by atoms with E-state index in [4.69, 9.17) is 9.47 Å². The highest BCUT2D eigenvalue weighted by Crippen LogP contribution is 2.31. The molecular formula is C21H21F3N4O3S. The second-order valence-electron chi connectivity index (χ2n) is 6.49. The van der Waals surface area contributed by atoms with E-state index in [0.29, 0.717) is 29.0 Å². The fraction of sp³-hybridized carbons (Fsp3) is 0.286. The monoisotopic (exact) mass is 466 g/mol. The van der Waals surface area contributed by atoms with Gasteiger partial charge < -0.3 is 19.4 Å². The van der Waals surface area contributed by atoms with Crippen molar-refractivity contribution >= 4 is 23.4 Å². The van der Waals surface area contributed by atoms with Gasteiger partial charge in [0.2, 0.25) is 5.91 Å². The Bertz CT molecular complexity index is 1070. The van der Waals surface area contributed by atoms with Crippen molar-refractivity contribution in [2.75, 3.05) is 18.2 Å². The van der Waals surface area contributed by atoms with Crippen LogP contribution in [-0.4, -0.2) is 33.5 Å². The maximum Gasteiger partial charge on any atom is 0.416 e. The summed E-state index contributed by atoms with van der Waals surface area (Å²) in [5.41, 5.74) is -0.225. The number of amides is 1. The lowest BCUT2D eigenvalue weighted by molar-refractivity contribution is -0.137. The molecular weight excluding hydrogens is 445 g/mol. The Balaban J connectivity index is 1.60. The lowest BCUT2D eigenvalue weighted by Gasteiger charge is -2.11. The minimum absolute atomic E-state index is 0.0594. The van der Waals surface area contributed by atoms with Gasteiger partial charge in [0.05, 0.1) is 24.1 Å². The summed E-state index contributed by atoms with van der Waals surface area (Å²) in [7, 11) is 1.52. The van der Waals surface area contributed by atoms with Gasteiger partial charge in [0, 0.05) is 6.54 Å². The number of carbonyl (C=O) groups is 1. The van der Waals surface area contributed by atoms with Gasteiger partial charge in [-0.3, -0.25) is 4.79 Å². The van der Waals surface area contributed by atoms with Crippen molar-refractivity contribution in [3.8, 4) is 11.5 Å². The van der Waals surface area contributed by atoms with Crippen LogP contribution in [0, 0.1) is 0 Å². The van der Waals surface area contributed by atoms with Gasteiger partial charge in [0.15, 0.2) is 11.0 Å². The maximum absolute atomic E-state index is 12.9. The fourth-order valence-electron chi connectivity index (χ4n) is 2.82. The number of nitrogens with zero attached hydrogens (tertiary/aromatic N) is 3. The Hall–Kier alpha value is -3.21. The number of anilines is 1. The number of alkyl halides is 3. The van der Waals surface area contributed by atoms with Crippen molar-refractivity contribution in [3.63, 3.8) is 0 Å². The number of para-hydroxylation sites is 2. The SMILES string of the molecule is CCn1c(COc2cccc(C(F)(F)F)c2)nnc1SCC(=O)Nc1ccccc1OC. The first kappa shape index (κ1) is 23.5. The van der Waals surface area contributed by atoms with E-state index in [2.05, 4.69) is 15.5 Å². The molecule has 3 aromatic rings. The second-order valence-corrected chi connectivity index (χ2v) is 7.44. The van der Waals surface area contributed by atoms with Crippen LogP contribution < -0.4 is 14.8 Å². The minimum atomic E-state index is -4.45. The van der Waals surface area contributed by atoms with Crippen LogP contribution >= 0.6 is 11.8 Å². The molecule has 0 aliphatic carbocycles. The molecule has 1 N–H and O–H groups in total. The van der Waals surface area contributed by atoms with E-state index in [-0.39, 0.29) is 24.0 Å². The number of benzene rings is 2. The minimum Gasteiger partial charge on any atom is -0.495 e. The van der Waals surface area contributed by atoms with Gasteiger partial charge in [-0.05, 0) is 37.3 Å². The van der Waals surface area contributed by atoms with Gasteiger partial charge in [0.1, 0.15) is 18.1 Å². The lowest BCUT2D eigenvalue weighted by Crippen LogP contribution is -2.15. The number of halogens is 3. The number of nitrogens with one attached hydrogen (secondary N) is 1. The van der Waals surface area contributed by atoms with E-state index in [1.807, 2.05) is 6.92 Å². The van der Waals surface area contributed by atoms with Crippen LogP contribution in [0.25, 0.3) is 0 Å². The first-order valence-electron chi connectivity index (χ1n) is 9.59. The topological polar surface area (TPSA) is 78.3 Å². The van der Waals surface area contributed by atoms with Crippen LogP contribution in [0.2, 0.25) is 0 Å². The molecule has 0 saturated carbocycles. The number of thioether (sulfide) groups is 1. The average Bonchev–Trinajstić information content (AvgIpc) is 3.18. The molecule has 0 radical (unpaired) electrons. The smallest absolute Gasteiger partial charge is 0.416 e. The quantitative estimate of drug-likeness (QED) is 0.463. The maximum atomic E-state index is 12.9. The fourth-order valence-corrected chi connectivity index (χ4v) is 3.65. The molecule has 11 heteroatoms. The van der Waals surface area contributed by atoms with E-state index in [1.165, 1.54) is 31.0 Å². The molecule has 0 atom stereocenters. The van der Waals surface area contributed by atoms with Crippen LogP contribution in [-0.2, 0) is 24.1 Å². The third-order valence-corrected chi connectivity index (χ3v) is 5.32. The standard InChI is InChI=1S/C21H21F3N4O3S/c1-3-28-18(12-31-15-8-6-7-14(11-15)21(22,23)24)26-27-20(28)32-13-19(29)25-16-9-4-5-10-17(16)30-2/h4-11H,3,12-13H2,1-2H3,(H,25,29). The van der Waals surface area contributed by atoms with Crippen LogP contribution in [0.4, 0.5) is 18.9 Å². The molecule has 170 valence electrons. The highest BCUT2D eigenvalue weighted by Gasteiger charge is 2.30. The lowest BCUT2D eigenvalue weighted by atomic mass is 10.2. The Morgan fingerprint density at radius 1 is 1.16 bits per heavy atom. The number of carbonyl (C=O) groups excluding carboxylic acids is 1. The van der Waals surface area contributed by atoms with Crippen LogP contribution in [0.15, 0.2) is 53.7 Å². The molecule has 0 unspecified atom stereocenters. The number of ether oxygens (including phenoxy) is 2. The van der Waals surface area contributed by atoms with Gasteiger partial charge in [-0.15, -0.1) is 10.2 Å². The van der Waals surface area contributed by atoms with Crippen molar-refractivity contribution in [2.45, 2.75) is 31.4 Å². The van der Waals surface area contributed by atoms with E-state index in [9.17, 15) is 18.0 Å². The summed E-state index contributed by atoms with van der Waals surface area (Å²) < 4.78 is 51.0. The Morgan fingerprint density at radius 3 is 2.66 bits per heavy atom. The summed E-state index contributed by atoms with van der Waals surface area (Å²) in [6.07, 6.45) is -4.45. The summed E-state index contributed by atoms with van der Waals surface area (Å²) in [5.74, 6) is 0.918. The van der Waals surface area contributed by atoms with Gasteiger partial charge in [-0.25, -0.2) is 0 Å². The summed E-state index contributed by atoms with van der Waals surface area (Å²) in [5, 5.41) is 11.4. The Morgan fingerprint density at radius 2 is 1.94 bits per heavy atom. The van der Waals surface area contributed by atoms with Gasteiger partial charge in [0.25, 0.3) is 0 Å². The average molecular weight is 466 g/mol. The third-order valence-electron chi connectivity index (χ3n) is 4.35. The molecule has 0 spiro atoms. The van der Waals surface area contributed by atoms with Crippen LogP contribution in [0.3, 0.4) is 0 Å². The molecule has 3 rings (SSSR count). The zero-order chi connectivity index (χ0) is 23.1. The summed E-state index contributed by atoms with van der Waals surface area (Å²) in [6.45, 7) is 2.32. The largest absolute Gasteiger partial charge is 0.495 e. The third kappa shape index (κ3) is 5.94. The number of aromatic nitrogens is 3. The normalized spacial score (nSPS) is 11.3. The second kappa shape index (κ2) is 10.4.